The topological polar surface area (TPSA) is 89.5 Å². The Bertz CT molecular complexity index is 1300. The maximum absolute atomic E-state index is 14.0. The zero-order chi connectivity index (χ0) is 26.6. The third-order valence-electron chi connectivity index (χ3n) is 6.64. The molecular formula is C29H33N3O4S. The molecule has 2 N–H and O–H groups in total. The Hall–Kier alpha value is -3.65. The van der Waals surface area contributed by atoms with E-state index in [-0.39, 0.29) is 13.2 Å². The smallest absolute Gasteiger partial charge is 0.336 e. The summed E-state index contributed by atoms with van der Waals surface area (Å²) >= 11 is 1.41. The van der Waals surface area contributed by atoms with Gasteiger partial charge in [0.15, 0.2) is 10.7 Å². The van der Waals surface area contributed by atoms with Crippen molar-refractivity contribution < 1.29 is 19.1 Å². The number of nitrogens with one attached hydrogen (secondary N) is 2. The minimum atomic E-state index is -1.37. The standard InChI is InChI=1S/C29H33N3O4S/c1-6-35-26(33)24-19(4)30-20(5)29(27(34)36-7-2,25(24)21-13-9-8-10-14-21)32-28-31-23(17-37-28)22-15-11-12-18(3)16-22/h8-17,20,25,30H,6-7H2,1-5H3,(H,31,32). The van der Waals surface area contributed by atoms with Crippen molar-refractivity contribution in [1.82, 2.24) is 10.3 Å². The minimum Gasteiger partial charge on any atom is -0.464 e. The molecule has 1 aliphatic heterocycles. The summed E-state index contributed by atoms with van der Waals surface area (Å²) in [5.41, 5.74) is 3.42. The van der Waals surface area contributed by atoms with Gasteiger partial charge in [-0.3, -0.25) is 0 Å². The molecule has 3 unspecified atom stereocenters. The molecule has 0 bridgehead atoms. The average Bonchev–Trinajstić information content (AvgIpc) is 3.34. The summed E-state index contributed by atoms with van der Waals surface area (Å²) in [6.45, 7) is 9.75. The highest BCUT2D eigenvalue weighted by Gasteiger charge is 2.58. The molecule has 0 radical (unpaired) electrons. The van der Waals surface area contributed by atoms with Gasteiger partial charge in [0.05, 0.1) is 36.4 Å². The second kappa shape index (κ2) is 11.2. The number of hydrogen-bond acceptors (Lipinski definition) is 8. The van der Waals surface area contributed by atoms with Gasteiger partial charge in [-0.2, -0.15) is 0 Å². The monoisotopic (exact) mass is 519 g/mol. The van der Waals surface area contributed by atoms with Crippen LogP contribution in [0.1, 0.15) is 44.7 Å². The lowest BCUT2D eigenvalue weighted by molar-refractivity contribution is -0.151. The van der Waals surface area contributed by atoms with Crippen molar-refractivity contribution in [3.05, 3.63) is 82.4 Å². The molecule has 194 valence electrons. The van der Waals surface area contributed by atoms with Gasteiger partial charge in [-0.25, -0.2) is 14.6 Å². The summed E-state index contributed by atoms with van der Waals surface area (Å²) in [7, 11) is 0. The van der Waals surface area contributed by atoms with Crippen molar-refractivity contribution in [2.75, 3.05) is 18.5 Å². The van der Waals surface area contributed by atoms with Crippen molar-refractivity contribution in [3.63, 3.8) is 0 Å². The van der Waals surface area contributed by atoms with E-state index in [0.29, 0.717) is 16.4 Å². The van der Waals surface area contributed by atoms with Gasteiger partial charge in [0.25, 0.3) is 0 Å². The van der Waals surface area contributed by atoms with Gasteiger partial charge in [0.1, 0.15) is 0 Å². The van der Waals surface area contributed by atoms with Gasteiger partial charge in [-0.05, 0) is 46.2 Å². The van der Waals surface area contributed by atoms with Gasteiger partial charge >= 0.3 is 11.9 Å². The van der Waals surface area contributed by atoms with Crippen LogP contribution in [0.5, 0.6) is 0 Å². The second-order valence-corrected chi connectivity index (χ2v) is 9.95. The Morgan fingerprint density at radius 3 is 2.46 bits per heavy atom. The first kappa shape index (κ1) is 26.4. The molecular weight excluding hydrogens is 486 g/mol. The number of benzene rings is 2. The Balaban J connectivity index is 1.89. The molecule has 7 nitrogen and oxygen atoms in total. The molecule has 0 saturated carbocycles. The molecule has 4 rings (SSSR count). The summed E-state index contributed by atoms with van der Waals surface area (Å²) in [5, 5.41) is 9.33. The Labute approximate surface area is 221 Å². The van der Waals surface area contributed by atoms with Crippen molar-refractivity contribution in [1.29, 1.82) is 0 Å². The van der Waals surface area contributed by atoms with Gasteiger partial charge in [0.2, 0.25) is 0 Å². The van der Waals surface area contributed by atoms with E-state index in [9.17, 15) is 9.59 Å². The third-order valence-corrected chi connectivity index (χ3v) is 7.40. The van der Waals surface area contributed by atoms with E-state index < -0.39 is 29.4 Å². The Morgan fingerprint density at radius 2 is 1.78 bits per heavy atom. The molecule has 3 aromatic rings. The number of anilines is 1. The van der Waals surface area contributed by atoms with E-state index >= 15 is 0 Å². The van der Waals surface area contributed by atoms with Crippen LogP contribution in [0.15, 0.2) is 71.2 Å². The molecule has 0 saturated heterocycles. The molecule has 8 heteroatoms. The van der Waals surface area contributed by atoms with Crippen molar-refractivity contribution >= 4 is 28.4 Å². The Kier molecular flexibility index (Phi) is 7.97. The fourth-order valence-corrected chi connectivity index (χ4v) is 5.78. The fourth-order valence-electron chi connectivity index (χ4n) is 4.99. The predicted octanol–water partition coefficient (Wildman–Crippen LogP) is 5.44. The number of hydrogen-bond donors (Lipinski definition) is 2. The SMILES string of the molecule is CCOC(=O)C1=C(C)NC(C)C(Nc2nc(-c3cccc(C)c3)cs2)(C(=O)OCC)C1c1ccccc1. The van der Waals surface area contributed by atoms with Crippen LogP contribution >= 0.6 is 11.3 Å². The van der Waals surface area contributed by atoms with Crippen molar-refractivity contribution in [2.24, 2.45) is 0 Å². The second-order valence-electron chi connectivity index (χ2n) is 9.09. The molecule has 0 fully saturated rings. The first-order valence-electron chi connectivity index (χ1n) is 12.5. The number of aromatic nitrogens is 1. The molecule has 0 amide bonds. The van der Waals surface area contributed by atoms with Crippen LogP contribution in [-0.4, -0.2) is 41.7 Å². The van der Waals surface area contributed by atoms with Gasteiger partial charge in [-0.1, -0.05) is 54.1 Å². The number of esters is 2. The normalized spacial score (nSPS) is 21.2. The summed E-state index contributed by atoms with van der Waals surface area (Å²) < 4.78 is 11.1. The highest BCUT2D eigenvalue weighted by molar-refractivity contribution is 7.14. The van der Waals surface area contributed by atoms with Gasteiger partial charge < -0.3 is 20.1 Å². The fraction of sp³-hybridized carbons (Fsp3) is 0.345. The van der Waals surface area contributed by atoms with E-state index in [1.54, 1.807) is 13.8 Å². The van der Waals surface area contributed by atoms with Gasteiger partial charge in [-0.15, -0.1) is 11.3 Å². The first-order valence-corrected chi connectivity index (χ1v) is 13.4. The molecule has 1 aromatic heterocycles. The van der Waals surface area contributed by atoms with Crippen molar-refractivity contribution in [3.8, 4) is 11.3 Å². The highest BCUT2D eigenvalue weighted by atomic mass is 32.1. The number of rotatable bonds is 8. The summed E-state index contributed by atoms with van der Waals surface area (Å²) in [6.07, 6.45) is 0. The van der Waals surface area contributed by atoms with Crippen LogP contribution in [0, 0.1) is 6.92 Å². The van der Waals surface area contributed by atoms with Crippen LogP contribution in [0.2, 0.25) is 0 Å². The molecule has 2 heterocycles. The summed E-state index contributed by atoms with van der Waals surface area (Å²) in [6, 6.07) is 17.2. The third kappa shape index (κ3) is 5.11. The van der Waals surface area contributed by atoms with Crippen LogP contribution in [0.25, 0.3) is 11.3 Å². The van der Waals surface area contributed by atoms with Crippen LogP contribution in [-0.2, 0) is 19.1 Å². The van der Waals surface area contributed by atoms with E-state index in [2.05, 4.69) is 16.7 Å². The number of carbonyl (C=O) groups excluding carboxylic acids is 2. The first-order chi connectivity index (χ1) is 17.8. The lowest BCUT2D eigenvalue weighted by Gasteiger charge is -2.48. The van der Waals surface area contributed by atoms with Crippen LogP contribution in [0.4, 0.5) is 5.13 Å². The molecule has 2 aromatic carbocycles. The van der Waals surface area contributed by atoms with Crippen LogP contribution < -0.4 is 10.6 Å². The zero-order valence-corrected chi connectivity index (χ0v) is 22.6. The minimum absolute atomic E-state index is 0.195. The van der Waals surface area contributed by atoms with E-state index in [0.717, 1.165) is 22.4 Å². The maximum atomic E-state index is 14.0. The molecule has 3 atom stereocenters. The van der Waals surface area contributed by atoms with Crippen molar-refractivity contribution in [2.45, 2.75) is 52.1 Å². The largest absolute Gasteiger partial charge is 0.464 e. The number of ether oxygens (including phenoxy) is 2. The Morgan fingerprint density at radius 1 is 1.05 bits per heavy atom. The average molecular weight is 520 g/mol. The molecule has 0 spiro atoms. The molecule has 0 aliphatic carbocycles. The number of carbonyl (C=O) groups is 2. The number of allylic oxidation sites excluding steroid dienone is 1. The summed E-state index contributed by atoms with van der Waals surface area (Å²) in [4.78, 5) is 32.1. The summed E-state index contributed by atoms with van der Waals surface area (Å²) in [5.74, 6) is -1.62. The van der Waals surface area contributed by atoms with E-state index in [4.69, 9.17) is 14.5 Å². The quantitative estimate of drug-likeness (QED) is 0.383. The highest BCUT2D eigenvalue weighted by Crippen LogP contribution is 2.45. The number of thiazole rings is 1. The zero-order valence-electron chi connectivity index (χ0n) is 21.8. The van der Waals surface area contributed by atoms with Crippen LogP contribution in [0.3, 0.4) is 0 Å². The predicted molar refractivity (Wildman–Crippen MR) is 146 cm³/mol. The van der Waals surface area contributed by atoms with Gasteiger partial charge in [0, 0.05) is 16.6 Å². The van der Waals surface area contributed by atoms with E-state index in [1.165, 1.54) is 11.3 Å². The molecule has 1 aliphatic rings. The lowest BCUT2D eigenvalue weighted by Crippen LogP contribution is -2.66. The number of aryl methyl sites for hydroxylation is 1. The maximum Gasteiger partial charge on any atom is 0.336 e. The number of nitrogens with zero attached hydrogens (tertiary/aromatic N) is 1. The lowest BCUT2D eigenvalue weighted by atomic mass is 9.68. The molecule has 37 heavy (non-hydrogen) atoms. The van der Waals surface area contributed by atoms with E-state index in [1.807, 2.05) is 74.7 Å².